The molecule has 2 aliphatic rings. The summed E-state index contributed by atoms with van der Waals surface area (Å²) < 4.78 is 0. The van der Waals surface area contributed by atoms with E-state index in [9.17, 15) is 9.59 Å². The van der Waals surface area contributed by atoms with Gasteiger partial charge in [0.15, 0.2) is 0 Å². The number of carboxylic acids is 1. The number of hydrogen-bond donors (Lipinski definition) is 1. The Morgan fingerprint density at radius 3 is 2.53 bits per heavy atom. The number of rotatable bonds is 2. The number of likely N-dealkylation sites (tertiary alicyclic amines) is 1. The summed E-state index contributed by atoms with van der Waals surface area (Å²) in [7, 11) is 0. The molecule has 15 heavy (non-hydrogen) atoms. The normalized spacial score (nSPS) is 36.2. The Morgan fingerprint density at radius 1 is 1.47 bits per heavy atom. The quantitative estimate of drug-likeness (QED) is 0.740. The summed E-state index contributed by atoms with van der Waals surface area (Å²) in [5.74, 6) is -0.347. The molecule has 2 fully saturated rings. The maximum Gasteiger partial charge on any atom is 0.326 e. The number of carbonyl (C=O) groups is 2. The zero-order valence-corrected chi connectivity index (χ0v) is 9.36. The average molecular weight is 211 g/mol. The van der Waals surface area contributed by atoms with E-state index in [4.69, 9.17) is 5.11 Å². The van der Waals surface area contributed by atoms with Gasteiger partial charge in [0.05, 0.1) is 0 Å². The Bertz CT molecular complexity index is 324. The van der Waals surface area contributed by atoms with Crippen LogP contribution in [0.2, 0.25) is 0 Å². The first-order chi connectivity index (χ1) is 6.91. The van der Waals surface area contributed by atoms with E-state index in [-0.39, 0.29) is 17.2 Å². The van der Waals surface area contributed by atoms with Crippen molar-refractivity contribution in [2.75, 3.05) is 6.54 Å². The molecule has 0 radical (unpaired) electrons. The fourth-order valence-electron chi connectivity index (χ4n) is 3.03. The number of hydrogen-bond acceptors (Lipinski definition) is 2. The SMILES string of the molecule is CCC(=O)N1CC2C(C1C(=O)O)C2(C)C. The maximum atomic E-state index is 11.6. The van der Waals surface area contributed by atoms with Crippen molar-refractivity contribution in [2.45, 2.75) is 33.2 Å². The van der Waals surface area contributed by atoms with Gasteiger partial charge in [0, 0.05) is 18.9 Å². The molecule has 4 nitrogen and oxygen atoms in total. The van der Waals surface area contributed by atoms with E-state index in [0.29, 0.717) is 18.9 Å². The first kappa shape index (κ1) is 10.5. The van der Waals surface area contributed by atoms with Crippen LogP contribution in [0.25, 0.3) is 0 Å². The minimum Gasteiger partial charge on any atom is -0.480 e. The van der Waals surface area contributed by atoms with Gasteiger partial charge in [-0.1, -0.05) is 20.8 Å². The van der Waals surface area contributed by atoms with Gasteiger partial charge in [-0.3, -0.25) is 4.79 Å². The third-order valence-electron chi connectivity index (χ3n) is 4.08. The number of carboxylic acid groups (broad SMARTS) is 1. The van der Waals surface area contributed by atoms with Crippen LogP contribution in [0.3, 0.4) is 0 Å². The van der Waals surface area contributed by atoms with Crippen LogP contribution < -0.4 is 0 Å². The van der Waals surface area contributed by atoms with Crippen LogP contribution in [-0.2, 0) is 9.59 Å². The second-order valence-corrected chi connectivity index (χ2v) is 5.14. The first-order valence-electron chi connectivity index (χ1n) is 5.43. The van der Waals surface area contributed by atoms with Crippen molar-refractivity contribution in [1.29, 1.82) is 0 Å². The summed E-state index contributed by atoms with van der Waals surface area (Å²) in [5, 5.41) is 9.16. The molecule has 3 unspecified atom stereocenters. The summed E-state index contributed by atoms with van der Waals surface area (Å²) in [5.41, 5.74) is 0.105. The van der Waals surface area contributed by atoms with Gasteiger partial charge in [0.25, 0.3) is 0 Å². The van der Waals surface area contributed by atoms with Gasteiger partial charge < -0.3 is 10.0 Å². The molecule has 0 aromatic rings. The lowest BCUT2D eigenvalue weighted by Gasteiger charge is -2.27. The number of amides is 1. The standard InChI is InChI=1S/C11H17NO3/c1-4-7(13)12-5-6-8(11(6,2)3)9(12)10(14)15/h6,8-9H,4-5H2,1-3H3,(H,14,15). The van der Waals surface area contributed by atoms with Gasteiger partial charge in [-0.15, -0.1) is 0 Å². The van der Waals surface area contributed by atoms with Crippen LogP contribution in [-0.4, -0.2) is 34.5 Å². The van der Waals surface area contributed by atoms with Crippen molar-refractivity contribution >= 4 is 11.9 Å². The smallest absolute Gasteiger partial charge is 0.326 e. The fraction of sp³-hybridized carbons (Fsp3) is 0.818. The van der Waals surface area contributed by atoms with E-state index in [1.54, 1.807) is 11.8 Å². The summed E-state index contributed by atoms with van der Waals surface area (Å²) in [6.07, 6.45) is 0.393. The average Bonchev–Trinajstić information content (AvgIpc) is 2.60. The van der Waals surface area contributed by atoms with Crippen LogP contribution in [0, 0.1) is 17.3 Å². The fourth-order valence-corrected chi connectivity index (χ4v) is 3.03. The van der Waals surface area contributed by atoms with Gasteiger partial charge in [0.2, 0.25) is 5.91 Å². The lowest BCUT2D eigenvalue weighted by Crippen LogP contribution is -2.45. The Labute approximate surface area is 89.3 Å². The zero-order chi connectivity index (χ0) is 11.4. The molecule has 1 heterocycles. The molecule has 1 saturated carbocycles. The van der Waals surface area contributed by atoms with Gasteiger partial charge in [-0.05, 0) is 11.3 Å². The van der Waals surface area contributed by atoms with Gasteiger partial charge in [-0.25, -0.2) is 4.79 Å². The lowest BCUT2D eigenvalue weighted by molar-refractivity contribution is -0.150. The second-order valence-electron chi connectivity index (χ2n) is 5.14. The number of fused-ring (bicyclic) bond motifs is 1. The molecule has 1 saturated heterocycles. The van der Waals surface area contributed by atoms with Crippen molar-refractivity contribution in [3.05, 3.63) is 0 Å². The van der Waals surface area contributed by atoms with Gasteiger partial charge >= 0.3 is 5.97 Å². The third kappa shape index (κ3) is 1.27. The van der Waals surface area contributed by atoms with Crippen LogP contribution in [0.15, 0.2) is 0 Å². The molecule has 3 atom stereocenters. The molecule has 0 spiro atoms. The monoisotopic (exact) mass is 211 g/mol. The highest BCUT2D eigenvalue weighted by Crippen LogP contribution is 2.64. The molecule has 84 valence electrons. The van der Waals surface area contributed by atoms with Gasteiger partial charge in [-0.2, -0.15) is 0 Å². The number of carbonyl (C=O) groups excluding carboxylic acids is 1. The minimum absolute atomic E-state index is 0.0367. The number of aliphatic carboxylic acids is 1. The van der Waals surface area contributed by atoms with E-state index in [0.717, 1.165) is 0 Å². The van der Waals surface area contributed by atoms with E-state index in [1.165, 1.54) is 0 Å². The predicted octanol–water partition coefficient (Wildman–Crippen LogP) is 0.964. The van der Waals surface area contributed by atoms with E-state index in [1.807, 2.05) is 0 Å². The Kier molecular flexibility index (Phi) is 2.07. The maximum absolute atomic E-state index is 11.6. The van der Waals surface area contributed by atoms with Crippen molar-refractivity contribution in [2.24, 2.45) is 17.3 Å². The van der Waals surface area contributed by atoms with Crippen molar-refractivity contribution in [3.63, 3.8) is 0 Å². The van der Waals surface area contributed by atoms with Crippen LogP contribution in [0.5, 0.6) is 0 Å². The van der Waals surface area contributed by atoms with Crippen LogP contribution >= 0.6 is 0 Å². The van der Waals surface area contributed by atoms with E-state index < -0.39 is 12.0 Å². The zero-order valence-electron chi connectivity index (χ0n) is 9.36. The van der Waals surface area contributed by atoms with Crippen LogP contribution in [0.4, 0.5) is 0 Å². The summed E-state index contributed by atoms with van der Waals surface area (Å²) in [6, 6.07) is -0.586. The Hall–Kier alpha value is -1.06. The molecule has 0 aromatic heterocycles. The molecule has 2 rings (SSSR count). The minimum atomic E-state index is -0.852. The molecule has 1 N–H and O–H groups in total. The topological polar surface area (TPSA) is 57.6 Å². The predicted molar refractivity (Wildman–Crippen MR) is 54.2 cm³/mol. The van der Waals surface area contributed by atoms with Crippen molar-refractivity contribution in [1.82, 2.24) is 4.90 Å². The Balaban J connectivity index is 2.19. The second kappa shape index (κ2) is 2.97. The molecule has 4 heteroatoms. The summed E-state index contributed by atoms with van der Waals surface area (Å²) in [4.78, 5) is 24.3. The molecule has 1 aliphatic carbocycles. The highest BCUT2D eigenvalue weighted by molar-refractivity contribution is 5.85. The highest BCUT2D eigenvalue weighted by atomic mass is 16.4. The molecule has 0 bridgehead atoms. The highest BCUT2D eigenvalue weighted by Gasteiger charge is 2.69. The lowest BCUT2D eigenvalue weighted by atomic mass is 10.0. The molecular formula is C11H17NO3. The van der Waals surface area contributed by atoms with E-state index >= 15 is 0 Å². The van der Waals surface area contributed by atoms with Crippen LogP contribution in [0.1, 0.15) is 27.2 Å². The number of piperidine rings is 1. The number of nitrogens with zero attached hydrogens (tertiary/aromatic N) is 1. The van der Waals surface area contributed by atoms with Crippen molar-refractivity contribution in [3.8, 4) is 0 Å². The third-order valence-corrected chi connectivity index (χ3v) is 4.08. The van der Waals surface area contributed by atoms with E-state index in [2.05, 4.69) is 13.8 Å². The summed E-state index contributed by atoms with van der Waals surface area (Å²) in [6.45, 7) is 6.58. The first-order valence-corrected chi connectivity index (χ1v) is 5.43. The Morgan fingerprint density at radius 2 is 2.07 bits per heavy atom. The molecule has 1 aliphatic heterocycles. The molecule has 0 aromatic carbocycles. The largest absolute Gasteiger partial charge is 0.480 e. The van der Waals surface area contributed by atoms with Crippen molar-refractivity contribution < 1.29 is 14.7 Å². The summed E-state index contributed by atoms with van der Waals surface area (Å²) >= 11 is 0. The molecule has 1 amide bonds. The molecular weight excluding hydrogens is 194 g/mol. The van der Waals surface area contributed by atoms with Gasteiger partial charge in [0.1, 0.15) is 6.04 Å².